The van der Waals surface area contributed by atoms with E-state index in [-0.39, 0.29) is 27.1 Å². The Labute approximate surface area is 236 Å². The molecule has 0 bridgehead atoms. The maximum atomic E-state index is 14.2. The van der Waals surface area contributed by atoms with Crippen LogP contribution in [0.2, 0.25) is 0 Å². The number of aromatic nitrogens is 1. The monoisotopic (exact) mass is 558 g/mol. The Kier molecular flexibility index (Phi) is 6.20. The Morgan fingerprint density at radius 3 is 2.44 bits per heavy atom. The molecule has 1 saturated heterocycles. The molecule has 0 amide bonds. The standard InChI is InChI=1S/C31H31F3N7/c1-39-12-14-40(15-13-39)27-10-9-23(27)29-28-19-36-11-16-41(28,35)30(38-29)21-7-8-22-24(31(32,33)34)18-25(37-26(22)17-21)20-5-3-2-4-6-20/h2-8,11,16-19,23,27H,9-10,12-15,35H2,1H3/q+1. The summed E-state index contributed by atoms with van der Waals surface area (Å²) in [5.74, 6) is 7.79. The maximum Gasteiger partial charge on any atom is 0.417 e. The fourth-order valence-electron chi connectivity index (χ4n) is 6.43. The predicted molar refractivity (Wildman–Crippen MR) is 153 cm³/mol. The zero-order valence-electron chi connectivity index (χ0n) is 22.7. The molecule has 0 spiro atoms. The molecule has 7 nitrogen and oxygen atoms in total. The Balaban J connectivity index is 1.31. The normalized spacial score (nSPS) is 26.8. The first kappa shape index (κ1) is 26.2. The first-order valence-electron chi connectivity index (χ1n) is 13.9. The summed E-state index contributed by atoms with van der Waals surface area (Å²) in [5, 5.41) is 0.0429. The van der Waals surface area contributed by atoms with Gasteiger partial charge in [-0.25, -0.2) is 4.98 Å². The van der Waals surface area contributed by atoms with Gasteiger partial charge in [0.05, 0.1) is 34.8 Å². The second-order valence-corrected chi connectivity index (χ2v) is 11.3. The topological polar surface area (TPSA) is 70.1 Å². The molecule has 3 aromatic rings. The van der Waals surface area contributed by atoms with Crippen LogP contribution in [0.4, 0.5) is 13.2 Å². The van der Waals surface area contributed by atoms with Gasteiger partial charge in [0.1, 0.15) is 11.9 Å². The van der Waals surface area contributed by atoms with Crippen LogP contribution in [0, 0.1) is 5.92 Å². The van der Waals surface area contributed by atoms with Crippen molar-refractivity contribution in [2.45, 2.75) is 25.1 Å². The van der Waals surface area contributed by atoms with Gasteiger partial charge in [0.2, 0.25) is 5.70 Å². The molecule has 210 valence electrons. The number of amidine groups is 1. The van der Waals surface area contributed by atoms with Crippen LogP contribution in [0.3, 0.4) is 0 Å². The first-order chi connectivity index (χ1) is 19.7. The van der Waals surface area contributed by atoms with Crippen LogP contribution in [-0.2, 0) is 6.18 Å². The molecule has 10 heteroatoms. The van der Waals surface area contributed by atoms with Crippen LogP contribution in [-0.4, -0.2) is 70.7 Å². The lowest BCUT2D eigenvalue weighted by atomic mass is 9.75. The lowest BCUT2D eigenvalue weighted by Crippen LogP contribution is -2.55. The second kappa shape index (κ2) is 9.70. The lowest BCUT2D eigenvalue weighted by Gasteiger charge is -2.47. The van der Waals surface area contributed by atoms with Crippen LogP contribution >= 0.6 is 0 Å². The van der Waals surface area contributed by atoms with Crippen LogP contribution in [0.5, 0.6) is 0 Å². The predicted octanol–water partition coefficient (Wildman–Crippen LogP) is 5.16. The fraction of sp³-hybridized carbons (Fsp3) is 0.323. The van der Waals surface area contributed by atoms with Gasteiger partial charge in [-0.3, -0.25) is 9.89 Å². The third-order valence-corrected chi connectivity index (χ3v) is 8.86. The molecular weight excluding hydrogens is 527 g/mol. The minimum absolute atomic E-state index is 0.0429. The number of benzene rings is 2. The average Bonchev–Trinajstić information content (AvgIpc) is 3.25. The molecule has 2 aromatic carbocycles. The molecule has 1 aliphatic carbocycles. The smallest absolute Gasteiger partial charge is 0.304 e. The number of rotatable bonds is 4. The quantitative estimate of drug-likeness (QED) is 0.355. The van der Waals surface area contributed by atoms with Crippen molar-refractivity contribution in [2.75, 3.05) is 33.2 Å². The van der Waals surface area contributed by atoms with Gasteiger partial charge in [0, 0.05) is 49.1 Å². The Morgan fingerprint density at radius 2 is 1.73 bits per heavy atom. The van der Waals surface area contributed by atoms with Gasteiger partial charge >= 0.3 is 6.18 Å². The Morgan fingerprint density at radius 1 is 0.951 bits per heavy atom. The molecule has 1 aromatic heterocycles. The molecule has 3 aliphatic heterocycles. The number of likely N-dealkylation sites (N-methyl/N-ethyl adjacent to an activating group) is 1. The van der Waals surface area contributed by atoms with Gasteiger partial charge in [0.15, 0.2) is 0 Å². The van der Waals surface area contributed by atoms with E-state index in [1.807, 2.05) is 6.07 Å². The number of allylic oxidation sites excluding steroid dienone is 1. The van der Waals surface area contributed by atoms with Crippen LogP contribution < -0.4 is 5.84 Å². The van der Waals surface area contributed by atoms with E-state index < -0.39 is 11.7 Å². The van der Waals surface area contributed by atoms with E-state index in [1.165, 1.54) is 6.07 Å². The summed E-state index contributed by atoms with van der Waals surface area (Å²) >= 11 is 0. The summed E-state index contributed by atoms with van der Waals surface area (Å²) in [7, 11) is 2.15. The number of piperazine rings is 1. The Bertz CT molecular complexity index is 1630. The molecule has 3 unspecified atom stereocenters. The molecule has 3 atom stereocenters. The average molecular weight is 559 g/mol. The minimum atomic E-state index is -4.53. The van der Waals surface area contributed by atoms with E-state index in [1.54, 1.807) is 55.0 Å². The van der Waals surface area contributed by atoms with Crippen molar-refractivity contribution in [3.63, 3.8) is 0 Å². The van der Waals surface area contributed by atoms with E-state index in [0.717, 1.165) is 56.5 Å². The van der Waals surface area contributed by atoms with E-state index in [9.17, 15) is 13.2 Å². The van der Waals surface area contributed by atoms with E-state index in [2.05, 4.69) is 26.8 Å². The van der Waals surface area contributed by atoms with Crippen molar-refractivity contribution >= 4 is 23.0 Å². The fourth-order valence-corrected chi connectivity index (χ4v) is 6.43. The van der Waals surface area contributed by atoms with Gasteiger partial charge in [-0.15, -0.1) is 4.59 Å². The van der Waals surface area contributed by atoms with Gasteiger partial charge in [-0.05, 0) is 38.1 Å². The van der Waals surface area contributed by atoms with Crippen LogP contribution in [0.15, 0.2) is 88.4 Å². The third-order valence-electron chi connectivity index (χ3n) is 8.86. The van der Waals surface area contributed by atoms with Crippen molar-refractivity contribution in [1.29, 1.82) is 0 Å². The third kappa shape index (κ3) is 4.42. The van der Waals surface area contributed by atoms with Gasteiger partial charge in [-0.1, -0.05) is 36.4 Å². The summed E-state index contributed by atoms with van der Waals surface area (Å²) in [5.41, 5.74) is 2.78. The molecule has 1 saturated carbocycles. The number of hydrogen-bond donors (Lipinski definition) is 1. The molecule has 41 heavy (non-hydrogen) atoms. The van der Waals surface area contributed by atoms with E-state index in [0.29, 0.717) is 23.0 Å². The van der Waals surface area contributed by atoms with Crippen molar-refractivity contribution in [3.8, 4) is 11.3 Å². The number of alkyl halides is 3. The number of quaternary nitrogens is 1. The highest BCUT2D eigenvalue weighted by atomic mass is 19.4. The number of nitrogens with zero attached hydrogens (tertiary/aromatic N) is 6. The summed E-state index contributed by atoms with van der Waals surface area (Å²) in [6, 6.07) is 15.3. The molecule has 0 radical (unpaired) electrons. The van der Waals surface area contributed by atoms with Crippen molar-refractivity contribution in [2.24, 2.45) is 21.7 Å². The number of aliphatic imine (C=N–C) groups is 2. The van der Waals surface area contributed by atoms with E-state index >= 15 is 0 Å². The summed E-state index contributed by atoms with van der Waals surface area (Å²) in [4.78, 5) is 19.1. The van der Waals surface area contributed by atoms with Crippen molar-refractivity contribution < 1.29 is 17.8 Å². The lowest BCUT2D eigenvalue weighted by molar-refractivity contribution is -0.750. The molecule has 4 heterocycles. The highest BCUT2D eigenvalue weighted by Crippen LogP contribution is 2.45. The zero-order chi connectivity index (χ0) is 28.4. The molecule has 2 fully saturated rings. The second-order valence-electron chi connectivity index (χ2n) is 11.3. The molecule has 2 N–H and O–H groups in total. The van der Waals surface area contributed by atoms with Crippen LogP contribution in [0.1, 0.15) is 24.0 Å². The molecule has 7 rings (SSSR count). The maximum absolute atomic E-state index is 14.2. The molecular formula is C31H31F3N7+. The summed E-state index contributed by atoms with van der Waals surface area (Å²) < 4.78 is 42.4. The highest BCUT2D eigenvalue weighted by molar-refractivity contribution is 6.03. The summed E-state index contributed by atoms with van der Waals surface area (Å²) in [6.07, 6.45) is 2.79. The van der Waals surface area contributed by atoms with Gasteiger partial charge in [0.25, 0.3) is 5.84 Å². The van der Waals surface area contributed by atoms with Crippen molar-refractivity contribution in [1.82, 2.24) is 14.8 Å². The van der Waals surface area contributed by atoms with E-state index in [4.69, 9.17) is 10.8 Å². The van der Waals surface area contributed by atoms with Gasteiger partial charge in [-0.2, -0.15) is 24.0 Å². The minimum Gasteiger partial charge on any atom is -0.304 e. The zero-order valence-corrected chi connectivity index (χ0v) is 22.7. The molecule has 4 aliphatic rings. The first-order valence-corrected chi connectivity index (χ1v) is 13.9. The largest absolute Gasteiger partial charge is 0.417 e. The number of halogens is 3. The Hall–Kier alpha value is -3.70. The number of hydrogen-bond acceptors (Lipinski definition) is 6. The number of fused-ring (bicyclic) bond motifs is 2. The van der Waals surface area contributed by atoms with Crippen LogP contribution in [0.25, 0.3) is 22.2 Å². The number of nitrogens with two attached hydrogens (primary N) is 1. The summed E-state index contributed by atoms with van der Waals surface area (Å²) in [6.45, 7) is 4.13. The highest BCUT2D eigenvalue weighted by Gasteiger charge is 2.50. The number of pyridine rings is 1. The van der Waals surface area contributed by atoms with Crippen molar-refractivity contribution in [3.05, 3.63) is 89.5 Å². The van der Waals surface area contributed by atoms with Gasteiger partial charge < -0.3 is 4.90 Å². The SMILES string of the molecule is CN1CCN(C2CCC2C2=C3C=NC=C[N+]3(N)C(c3ccc4c(C(F)(F)F)cc(-c5ccccc5)nc4c3)=N2)CC1.